The Morgan fingerprint density at radius 1 is 1.25 bits per heavy atom. The number of ether oxygens (including phenoxy) is 2. The maximum Gasteiger partial charge on any atom is 0.335 e. The van der Waals surface area contributed by atoms with Gasteiger partial charge in [0.05, 0.1) is 6.61 Å². The summed E-state index contributed by atoms with van der Waals surface area (Å²) in [5, 5.41) is 2.85. The van der Waals surface area contributed by atoms with Crippen LogP contribution in [0, 0.1) is 19.8 Å². The first kappa shape index (κ1) is 19.9. The fourth-order valence-electron chi connectivity index (χ4n) is 2.07. The van der Waals surface area contributed by atoms with Crippen molar-refractivity contribution in [3.05, 3.63) is 42.0 Å². The van der Waals surface area contributed by atoms with Crippen molar-refractivity contribution < 1.29 is 19.1 Å². The fourth-order valence-corrected chi connectivity index (χ4v) is 2.07. The minimum Gasteiger partial charge on any atom is -0.450 e. The van der Waals surface area contributed by atoms with Crippen molar-refractivity contribution in [3.63, 3.8) is 0 Å². The number of anilines is 1. The summed E-state index contributed by atoms with van der Waals surface area (Å²) < 4.78 is 10.6. The Bertz CT molecular complexity index is 595. The average Bonchev–Trinajstić information content (AvgIpc) is 2.52. The molecule has 1 amide bonds. The van der Waals surface area contributed by atoms with E-state index in [2.05, 4.69) is 11.9 Å². The van der Waals surface area contributed by atoms with Gasteiger partial charge in [-0.05, 0) is 43.9 Å². The normalized spacial score (nSPS) is 13.2. The van der Waals surface area contributed by atoms with Gasteiger partial charge in [0.2, 0.25) is 0 Å². The van der Waals surface area contributed by atoms with E-state index in [1.54, 1.807) is 13.0 Å². The van der Waals surface area contributed by atoms with Gasteiger partial charge < -0.3 is 14.8 Å². The van der Waals surface area contributed by atoms with Crippen LogP contribution in [0.3, 0.4) is 0 Å². The second-order valence-corrected chi connectivity index (χ2v) is 6.17. The highest BCUT2D eigenvalue weighted by atomic mass is 16.6. The number of amides is 1. The lowest BCUT2D eigenvalue weighted by Crippen LogP contribution is -2.39. The topological polar surface area (TPSA) is 64.6 Å². The van der Waals surface area contributed by atoms with Crippen LogP contribution in [0.4, 0.5) is 5.69 Å². The van der Waals surface area contributed by atoms with Crippen LogP contribution in [-0.4, -0.2) is 30.7 Å². The summed E-state index contributed by atoms with van der Waals surface area (Å²) in [5.41, 5.74) is 2.71. The van der Waals surface area contributed by atoms with E-state index in [0.29, 0.717) is 0 Å². The number of esters is 1. The number of nitrogens with one attached hydrogen (secondary N) is 1. The zero-order valence-electron chi connectivity index (χ0n) is 15.1. The van der Waals surface area contributed by atoms with Crippen LogP contribution < -0.4 is 5.32 Å². The monoisotopic (exact) mass is 333 g/mol. The molecule has 0 aliphatic heterocycles. The summed E-state index contributed by atoms with van der Waals surface area (Å²) in [6, 6.07) is 5.80. The van der Waals surface area contributed by atoms with Crippen LogP contribution in [0.5, 0.6) is 0 Å². The molecule has 0 aliphatic rings. The second kappa shape index (κ2) is 9.23. The van der Waals surface area contributed by atoms with E-state index < -0.39 is 18.2 Å². The minimum atomic E-state index is -0.882. The van der Waals surface area contributed by atoms with Gasteiger partial charge in [0.1, 0.15) is 0 Å². The van der Waals surface area contributed by atoms with Gasteiger partial charge in [0.25, 0.3) is 5.91 Å². The van der Waals surface area contributed by atoms with Crippen LogP contribution in [0.15, 0.2) is 30.9 Å². The van der Waals surface area contributed by atoms with Crippen molar-refractivity contribution in [2.24, 2.45) is 5.92 Å². The smallest absolute Gasteiger partial charge is 0.335 e. The van der Waals surface area contributed by atoms with E-state index in [0.717, 1.165) is 16.8 Å². The standard InChI is InChI=1S/C19H27NO4/c1-7-10-23-15(6)19(22)24-17(12(2)3)18(21)20-16-11-13(4)8-9-14(16)5/h7-9,11-12,15,17H,1,10H2,2-6H3,(H,20,21). The van der Waals surface area contributed by atoms with E-state index in [1.165, 1.54) is 0 Å². The first-order valence-corrected chi connectivity index (χ1v) is 8.07. The quantitative estimate of drug-likeness (QED) is 0.585. The molecule has 2 atom stereocenters. The summed E-state index contributed by atoms with van der Waals surface area (Å²) in [6.07, 6.45) is -0.0818. The third kappa shape index (κ3) is 5.81. The third-order valence-corrected chi connectivity index (χ3v) is 3.55. The number of hydrogen-bond donors (Lipinski definition) is 1. The van der Waals surface area contributed by atoms with Gasteiger partial charge >= 0.3 is 5.97 Å². The summed E-state index contributed by atoms with van der Waals surface area (Å²) in [4.78, 5) is 24.6. The van der Waals surface area contributed by atoms with Crippen molar-refractivity contribution in [1.29, 1.82) is 0 Å². The van der Waals surface area contributed by atoms with E-state index >= 15 is 0 Å². The first-order valence-electron chi connectivity index (χ1n) is 8.07. The van der Waals surface area contributed by atoms with Crippen LogP contribution >= 0.6 is 0 Å². The molecule has 132 valence electrons. The molecule has 5 nitrogen and oxygen atoms in total. The molecule has 1 N–H and O–H groups in total. The number of hydrogen-bond acceptors (Lipinski definition) is 4. The van der Waals surface area contributed by atoms with Gasteiger partial charge in [-0.15, -0.1) is 6.58 Å². The number of rotatable bonds is 8. The molecular weight excluding hydrogens is 306 g/mol. The van der Waals surface area contributed by atoms with Gasteiger partial charge in [0, 0.05) is 5.69 Å². The molecule has 0 heterocycles. The lowest BCUT2D eigenvalue weighted by Gasteiger charge is -2.23. The van der Waals surface area contributed by atoms with E-state index in [-0.39, 0.29) is 18.4 Å². The molecule has 0 radical (unpaired) electrons. The number of carbonyl (C=O) groups excluding carboxylic acids is 2. The van der Waals surface area contributed by atoms with Crippen LogP contribution in [-0.2, 0) is 19.1 Å². The highest BCUT2D eigenvalue weighted by Gasteiger charge is 2.29. The molecular formula is C19H27NO4. The lowest BCUT2D eigenvalue weighted by molar-refractivity contribution is -0.166. The summed E-state index contributed by atoms with van der Waals surface area (Å²) in [7, 11) is 0. The second-order valence-electron chi connectivity index (χ2n) is 6.17. The number of aryl methyl sites for hydroxylation is 2. The predicted octanol–water partition coefficient (Wildman–Crippen LogP) is 3.40. The Labute approximate surface area is 144 Å². The summed E-state index contributed by atoms with van der Waals surface area (Å²) >= 11 is 0. The SMILES string of the molecule is C=CCOC(C)C(=O)OC(C(=O)Nc1cc(C)ccc1C)C(C)C. The van der Waals surface area contributed by atoms with Gasteiger partial charge in [-0.2, -0.15) is 0 Å². The van der Waals surface area contributed by atoms with Gasteiger partial charge in [-0.3, -0.25) is 4.79 Å². The molecule has 0 saturated carbocycles. The molecule has 1 aromatic carbocycles. The number of carbonyl (C=O) groups is 2. The van der Waals surface area contributed by atoms with Crippen molar-refractivity contribution >= 4 is 17.6 Å². The Kier molecular flexibility index (Phi) is 7.65. The molecule has 1 rings (SSSR count). The molecule has 0 spiro atoms. The minimum absolute atomic E-state index is 0.161. The molecule has 0 bridgehead atoms. The maximum atomic E-state index is 12.5. The molecule has 2 unspecified atom stereocenters. The van der Waals surface area contributed by atoms with E-state index in [9.17, 15) is 9.59 Å². The zero-order valence-corrected chi connectivity index (χ0v) is 15.1. The molecule has 0 aromatic heterocycles. The average molecular weight is 333 g/mol. The Morgan fingerprint density at radius 3 is 2.50 bits per heavy atom. The molecule has 5 heteroatoms. The summed E-state index contributed by atoms with van der Waals surface area (Å²) in [5.74, 6) is -1.07. The molecule has 0 aliphatic carbocycles. The molecule has 24 heavy (non-hydrogen) atoms. The van der Waals surface area contributed by atoms with Gasteiger partial charge in [-0.25, -0.2) is 4.79 Å². The Morgan fingerprint density at radius 2 is 1.92 bits per heavy atom. The van der Waals surface area contributed by atoms with E-state index in [4.69, 9.17) is 9.47 Å². The zero-order chi connectivity index (χ0) is 18.3. The Hall–Kier alpha value is -2.14. The van der Waals surface area contributed by atoms with Crippen molar-refractivity contribution in [3.8, 4) is 0 Å². The van der Waals surface area contributed by atoms with Gasteiger partial charge in [0.15, 0.2) is 12.2 Å². The highest BCUT2D eigenvalue weighted by molar-refractivity contribution is 5.96. The van der Waals surface area contributed by atoms with Crippen LogP contribution in [0.1, 0.15) is 31.9 Å². The molecule has 0 saturated heterocycles. The highest BCUT2D eigenvalue weighted by Crippen LogP contribution is 2.18. The third-order valence-electron chi connectivity index (χ3n) is 3.55. The van der Waals surface area contributed by atoms with Crippen LogP contribution in [0.2, 0.25) is 0 Å². The van der Waals surface area contributed by atoms with Gasteiger partial charge in [-0.1, -0.05) is 32.1 Å². The Balaban J connectivity index is 2.80. The van der Waals surface area contributed by atoms with Crippen LogP contribution in [0.25, 0.3) is 0 Å². The summed E-state index contributed by atoms with van der Waals surface area (Å²) in [6.45, 7) is 12.9. The maximum absolute atomic E-state index is 12.5. The van der Waals surface area contributed by atoms with Crippen molar-refractivity contribution in [2.75, 3.05) is 11.9 Å². The first-order chi connectivity index (χ1) is 11.3. The largest absolute Gasteiger partial charge is 0.450 e. The van der Waals surface area contributed by atoms with E-state index in [1.807, 2.05) is 45.9 Å². The van der Waals surface area contributed by atoms with Crippen molar-refractivity contribution in [1.82, 2.24) is 0 Å². The predicted molar refractivity (Wildman–Crippen MR) is 94.9 cm³/mol. The molecule has 1 aromatic rings. The fraction of sp³-hybridized carbons (Fsp3) is 0.474. The number of benzene rings is 1. The lowest BCUT2D eigenvalue weighted by atomic mass is 10.1. The van der Waals surface area contributed by atoms with Crippen molar-refractivity contribution in [2.45, 2.75) is 46.8 Å². The molecule has 0 fully saturated rings.